The first kappa shape index (κ1) is 55.8. The van der Waals surface area contributed by atoms with Gasteiger partial charge in [-0.05, 0) is 135 Å². The Hall–Kier alpha value is -5.51. The molecule has 0 radical (unpaired) electrons. The number of pyridine rings is 3. The third kappa shape index (κ3) is 15.9. The molecule has 0 spiro atoms. The number of fused-ring (bicyclic) bond motifs is 7. The van der Waals surface area contributed by atoms with Crippen LogP contribution in [0.1, 0.15) is 118 Å². The molecule has 8 aliphatic heterocycles. The number of aryl methyl sites for hydroxylation is 1. The molecule has 6 aromatic rings. The maximum atomic E-state index is 12.2. The van der Waals surface area contributed by atoms with Crippen molar-refractivity contribution in [1.29, 1.82) is 0 Å². The lowest BCUT2D eigenvalue weighted by atomic mass is 10.0. The van der Waals surface area contributed by atoms with Crippen molar-refractivity contribution < 1.29 is 13.2 Å². The fraction of sp³-hybridized carbons (Fsp3) is 0.559. The number of hydrogen-bond acceptors (Lipinski definition) is 14. The van der Waals surface area contributed by atoms with E-state index < -0.39 is 12.0 Å². The molecule has 0 amide bonds. The van der Waals surface area contributed by atoms with Crippen LogP contribution in [0, 0.1) is 12.8 Å². The van der Waals surface area contributed by atoms with Crippen molar-refractivity contribution >= 4 is 0 Å². The summed E-state index contributed by atoms with van der Waals surface area (Å²) in [7, 11) is 0. The predicted molar refractivity (Wildman–Crippen MR) is 297 cm³/mol. The highest BCUT2D eigenvalue weighted by Crippen LogP contribution is 2.42. The molecule has 16 nitrogen and oxygen atoms in total. The van der Waals surface area contributed by atoms with Gasteiger partial charge in [-0.1, -0.05) is 12.1 Å². The molecule has 2 atom stereocenters. The number of piperazine rings is 1. The SMILES string of the molecule is C1CN2C(CCC2C2CC2)CN1.Cc1cn2c(n1)CNCC2.FC(F)(F)c1ncc2c(n1)CNCC2.c1cc2c(cn1)CCNC2.c1cc2c(nc1C1CC1)CCNC2.c1cc2n(c1)CCNC2.c1cnc2c(c1)CNCC2. The zero-order chi connectivity index (χ0) is 53.5. The maximum Gasteiger partial charge on any atom is 0.451 e. The van der Waals surface area contributed by atoms with Crippen molar-refractivity contribution in [2.45, 2.75) is 148 Å². The number of imidazole rings is 1. The number of hydrogen-bond donors (Lipinski definition) is 7. The average Bonchev–Trinajstić information content (AvgIpc) is 4.43. The normalized spacial score (nSPS) is 21.5. The van der Waals surface area contributed by atoms with Gasteiger partial charge in [0.2, 0.25) is 5.82 Å². The lowest BCUT2D eigenvalue weighted by molar-refractivity contribution is -0.145. The van der Waals surface area contributed by atoms with Gasteiger partial charge in [0.05, 0.1) is 17.9 Å². The fourth-order valence-corrected chi connectivity index (χ4v) is 11.5. The van der Waals surface area contributed by atoms with E-state index in [1.54, 1.807) is 0 Å². The van der Waals surface area contributed by atoms with E-state index in [2.05, 4.69) is 125 Å². The molecular formula is C59H81F3N16. The molecule has 418 valence electrons. The first-order valence-electron chi connectivity index (χ1n) is 28.8. The number of nitrogens with one attached hydrogen (secondary N) is 7. The molecule has 0 bridgehead atoms. The molecular weight excluding hydrogens is 990 g/mol. The van der Waals surface area contributed by atoms with E-state index in [0.29, 0.717) is 18.7 Å². The molecule has 4 fully saturated rings. The van der Waals surface area contributed by atoms with E-state index in [0.717, 1.165) is 140 Å². The van der Waals surface area contributed by atoms with Crippen LogP contribution in [-0.4, -0.2) is 115 Å². The zero-order valence-corrected chi connectivity index (χ0v) is 45.6. The van der Waals surface area contributed by atoms with Crippen LogP contribution in [0.2, 0.25) is 0 Å². The van der Waals surface area contributed by atoms with Crippen molar-refractivity contribution in [2.24, 2.45) is 5.92 Å². The molecule has 2 saturated carbocycles. The molecule has 2 unspecified atom stereocenters. The third-order valence-corrected chi connectivity index (χ3v) is 16.1. The minimum absolute atomic E-state index is 0.390. The van der Waals surface area contributed by atoms with E-state index >= 15 is 0 Å². The summed E-state index contributed by atoms with van der Waals surface area (Å²) < 4.78 is 41.1. The van der Waals surface area contributed by atoms with Gasteiger partial charge in [0, 0.05) is 182 Å². The molecule has 10 aliphatic rings. The molecule has 78 heavy (non-hydrogen) atoms. The van der Waals surface area contributed by atoms with Crippen LogP contribution in [0.25, 0.3) is 0 Å². The Morgan fingerprint density at radius 1 is 0.538 bits per heavy atom. The second kappa shape index (κ2) is 27.6. The summed E-state index contributed by atoms with van der Waals surface area (Å²) in [5.41, 5.74) is 13.3. The summed E-state index contributed by atoms with van der Waals surface area (Å²) in [6.45, 7) is 19.6. The Bertz CT molecular complexity index is 2680. The van der Waals surface area contributed by atoms with E-state index in [1.807, 2.05) is 31.6 Å². The Kier molecular flexibility index (Phi) is 19.7. The summed E-state index contributed by atoms with van der Waals surface area (Å²) >= 11 is 0. The van der Waals surface area contributed by atoms with Gasteiger partial charge in [-0.25, -0.2) is 15.0 Å². The molecule has 2 saturated heterocycles. The first-order chi connectivity index (χ1) is 38.2. The van der Waals surface area contributed by atoms with Crippen LogP contribution in [0.4, 0.5) is 13.2 Å². The van der Waals surface area contributed by atoms with E-state index in [1.165, 1.54) is 115 Å². The Labute approximate surface area is 458 Å². The van der Waals surface area contributed by atoms with E-state index in [9.17, 15) is 13.2 Å². The van der Waals surface area contributed by atoms with Crippen molar-refractivity contribution in [3.8, 4) is 0 Å². The second-order valence-electron chi connectivity index (χ2n) is 21.9. The number of rotatable bonds is 2. The second-order valence-corrected chi connectivity index (χ2v) is 21.9. The van der Waals surface area contributed by atoms with Gasteiger partial charge in [-0.2, -0.15) is 13.2 Å². The van der Waals surface area contributed by atoms with Crippen LogP contribution >= 0.6 is 0 Å². The molecule has 0 aromatic carbocycles. The zero-order valence-electron chi connectivity index (χ0n) is 45.6. The Morgan fingerprint density at radius 2 is 1.26 bits per heavy atom. The summed E-state index contributed by atoms with van der Waals surface area (Å²) in [4.78, 5) is 27.0. The predicted octanol–water partition coefficient (Wildman–Crippen LogP) is 5.92. The molecule has 7 N–H and O–H groups in total. The van der Waals surface area contributed by atoms with E-state index in [-0.39, 0.29) is 0 Å². The summed E-state index contributed by atoms with van der Waals surface area (Å²) in [6.07, 6.45) is 19.4. The van der Waals surface area contributed by atoms with Gasteiger partial charge in [0.1, 0.15) is 5.82 Å². The minimum Gasteiger partial charge on any atom is -0.349 e. The number of nitrogens with zero attached hydrogens (tertiary/aromatic N) is 9. The highest BCUT2D eigenvalue weighted by atomic mass is 19.4. The third-order valence-electron chi connectivity index (χ3n) is 16.1. The maximum absolute atomic E-state index is 12.2. The molecule has 16 rings (SSSR count). The lowest BCUT2D eigenvalue weighted by Crippen LogP contribution is -2.51. The first-order valence-corrected chi connectivity index (χ1v) is 28.8. The smallest absolute Gasteiger partial charge is 0.349 e. The van der Waals surface area contributed by atoms with Gasteiger partial charge in [-0.15, -0.1) is 0 Å². The van der Waals surface area contributed by atoms with Crippen molar-refractivity contribution in [2.75, 3.05) is 58.9 Å². The number of halogens is 3. The standard InChI is InChI=1S/C11H14N2.C10H18N2.C8H8F3N3.2C8H10N2.C7H11N3.C7H10N2/c1-2-8(1)10-4-3-9-7-12-6-5-11(9)13-10;1-2-8(1)10-4-3-9-7-11-5-6-12(9)10;9-8(10,11)7-13-3-5-1-2-12-4-6(5)14-7;1-3-9-6-8-2-4-10-5-7(1)8;1-2-7-6-9-5-3-8(7)10-4-1;1-6-5-10-3-2-8-4-7(10)9-6;1-2-7-6-8-3-5-9(7)4-1/h3-4,8,12H,1-2,5-7H2;8-11H,1-7H2;3,12H,1-2,4H2;1,3,6,10H,2,4-5H2;1-2,4,9H,3,5-6H2;5,8H,2-4H2,1H3;1-2,4,8H,3,5-6H2. The van der Waals surface area contributed by atoms with Crippen LogP contribution in [0.15, 0.2) is 79.6 Å². The van der Waals surface area contributed by atoms with E-state index in [4.69, 9.17) is 4.98 Å². The highest BCUT2D eigenvalue weighted by molar-refractivity contribution is 5.29. The van der Waals surface area contributed by atoms with Gasteiger partial charge in [-0.3, -0.25) is 19.9 Å². The van der Waals surface area contributed by atoms with Gasteiger partial charge < -0.3 is 46.4 Å². The van der Waals surface area contributed by atoms with Crippen molar-refractivity contribution in [1.82, 2.24) is 81.2 Å². The average molecular weight is 1070 g/mol. The van der Waals surface area contributed by atoms with Crippen LogP contribution < -0.4 is 37.2 Å². The highest BCUT2D eigenvalue weighted by Gasteiger charge is 2.43. The molecule has 6 aromatic heterocycles. The number of alkyl halides is 3. The van der Waals surface area contributed by atoms with Crippen LogP contribution in [-0.2, 0) is 84.2 Å². The summed E-state index contributed by atoms with van der Waals surface area (Å²) in [5, 5.41) is 23.0. The van der Waals surface area contributed by atoms with Crippen molar-refractivity contribution in [3.63, 3.8) is 0 Å². The molecule has 14 heterocycles. The van der Waals surface area contributed by atoms with Crippen molar-refractivity contribution in [3.05, 3.63) is 153 Å². The molecule has 19 heteroatoms. The monoisotopic (exact) mass is 1070 g/mol. The Morgan fingerprint density at radius 3 is 2.01 bits per heavy atom. The minimum atomic E-state index is -4.45. The Balaban J connectivity index is 0.000000103. The number of aromatic nitrogens is 8. The summed E-state index contributed by atoms with van der Waals surface area (Å²) in [5.74, 6) is 2.00. The lowest BCUT2D eigenvalue weighted by Gasteiger charge is -2.34. The fourth-order valence-electron chi connectivity index (χ4n) is 11.5. The van der Waals surface area contributed by atoms with Gasteiger partial charge in [0.15, 0.2) is 0 Å². The summed E-state index contributed by atoms with van der Waals surface area (Å²) in [6, 6.07) is 16.8. The molecule has 2 aliphatic carbocycles. The van der Waals surface area contributed by atoms with Gasteiger partial charge >= 0.3 is 6.18 Å². The largest absolute Gasteiger partial charge is 0.451 e. The topological polar surface area (TPSA) is 175 Å². The van der Waals surface area contributed by atoms with Crippen LogP contribution in [0.3, 0.4) is 0 Å². The van der Waals surface area contributed by atoms with Gasteiger partial charge in [0.25, 0.3) is 0 Å². The quantitative estimate of drug-likeness (QED) is 0.109. The van der Waals surface area contributed by atoms with Crippen LogP contribution in [0.5, 0.6) is 0 Å².